The van der Waals surface area contributed by atoms with E-state index in [1.165, 1.54) is 34.0 Å². The molecule has 2 bridgehead atoms. The van der Waals surface area contributed by atoms with E-state index in [2.05, 4.69) is 48.7 Å². The highest BCUT2D eigenvalue weighted by molar-refractivity contribution is 8.44. The Morgan fingerprint density at radius 3 is 2.74 bits per heavy atom. The monoisotopic (exact) mass is 724 g/mol. The van der Waals surface area contributed by atoms with Crippen LogP contribution in [0.3, 0.4) is 0 Å². The largest absolute Gasteiger partial charge is 0.429 e. The first kappa shape index (κ1) is 31.1. The summed E-state index contributed by atoms with van der Waals surface area (Å²) >= 11 is 9.53. The summed E-state index contributed by atoms with van der Waals surface area (Å²) in [4.78, 5) is 48.0. The second-order valence-electron chi connectivity index (χ2n) is 11.3. The lowest BCUT2D eigenvalue weighted by Crippen LogP contribution is -2.42. The molecule has 2 aliphatic heterocycles. The van der Waals surface area contributed by atoms with Gasteiger partial charge in [0.05, 0.1) is 25.9 Å². The topological polar surface area (TPSA) is 241 Å². The number of aliphatic hydroxyl groups is 1. The Balaban J connectivity index is 1.12. The summed E-state index contributed by atoms with van der Waals surface area (Å²) in [6.45, 7) is -4.75. The van der Waals surface area contributed by atoms with Gasteiger partial charge < -0.3 is 39.1 Å². The Hall–Kier alpha value is -3.23. The molecular weight excluding hydrogens is 698 g/mol. The van der Waals surface area contributed by atoms with Crippen molar-refractivity contribution in [2.45, 2.75) is 37.0 Å². The van der Waals surface area contributed by atoms with Gasteiger partial charge in [-0.15, -0.1) is 0 Å². The number of nitrogens with zero attached hydrogens (tertiary/aromatic N) is 8. The van der Waals surface area contributed by atoms with Crippen molar-refractivity contribution in [1.82, 2.24) is 43.4 Å². The van der Waals surface area contributed by atoms with Crippen LogP contribution in [-0.2, 0) is 39.2 Å². The van der Waals surface area contributed by atoms with E-state index in [0.29, 0.717) is 17.6 Å². The van der Waals surface area contributed by atoms with E-state index < -0.39 is 56.1 Å². The smallest absolute Gasteiger partial charge is 0.386 e. The highest BCUT2D eigenvalue weighted by atomic mass is 32.7. The number of aliphatic hydroxyl groups excluding tert-OH is 1. The molecule has 47 heavy (non-hydrogen) atoms. The van der Waals surface area contributed by atoms with E-state index >= 15 is 0 Å². The molecule has 0 spiro atoms. The van der Waals surface area contributed by atoms with Crippen molar-refractivity contribution >= 4 is 71.5 Å². The van der Waals surface area contributed by atoms with E-state index in [4.69, 9.17) is 40.4 Å². The molecule has 7 heterocycles. The van der Waals surface area contributed by atoms with Crippen LogP contribution in [0.4, 0.5) is 5.82 Å². The van der Waals surface area contributed by atoms with Crippen molar-refractivity contribution in [3.8, 4) is 0 Å². The molecule has 0 amide bonds. The number of thiol groups is 1. The zero-order chi connectivity index (χ0) is 32.8. The summed E-state index contributed by atoms with van der Waals surface area (Å²) in [5.74, 6) is -0.354. The molecule has 23 heteroatoms. The SMILES string of the molecule is C=C1OP(O)(=S)OC[C@H]2O[C@@H](n3cnc4c(=O)n5ccnc5[nH]c43)[C@H](OP(=O)(S)OC[C@H]3C[C@@H](n4cnc5c(N)ncnc54)[C@H]13)[C@@H]2O. The van der Waals surface area contributed by atoms with Gasteiger partial charge in [-0.3, -0.25) is 18.4 Å². The van der Waals surface area contributed by atoms with Crippen LogP contribution in [0, 0.1) is 11.8 Å². The Kier molecular flexibility index (Phi) is 7.38. The fourth-order valence-electron chi connectivity index (χ4n) is 6.35. The summed E-state index contributed by atoms with van der Waals surface area (Å²) in [6.07, 6.45) is 2.32. The lowest BCUT2D eigenvalue weighted by molar-refractivity contribution is -0.0468. The van der Waals surface area contributed by atoms with Crippen molar-refractivity contribution in [1.29, 1.82) is 0 Å². The molecule has 0 aromatic carbocycles. The maximum absolute atomic E-state index is 13.7. The Labute approximate surface area is 273 Å². The average Bonchev–Trinajstić information content (AvgIpc) is 3.78. The summed E-state index contributed by atoms with van der Waals surface area (Å²) in [6, 6.07) is -0.331. The van der Waals surface area contributed by atoms with Crippen LogP contribution in [0.15, 0.2) is 48.5 Å². The van der Waals surface area contributed by atoms with Gasteiger partial charge in [0.1, 0.15) is 41.6 Å². The van der Waals surface area contributed by atoms with E-state index in [1.807, 2.05) is 0 Å². The first-order chi connectivity index (χ1) is 22.4. The summed E-state index contributed by atoms with van der Waals surface area (Å²) < 4.78 is 47.3. The Morgan fingerprint density at radius 2 is 1.91 bits per heavy atom. The molecule has 5 aromatic heterocycles. The van der Waals surface area contributed by atoms with Gasteiger partial charge in [0, 0.05) is 36.2 Å². The van der Waals surface area contributed by atoms with Gasteiger partial charge >= 0.3 is 13.5 Å². The van der Waals surface area contributed by atoms with Gasteiger partial charge in [0.15, 0.2) is 23.2 Å². The van der Waals surface area contributed by atoms with Crippen molar-refractivity contribution in [2.75, 3.05) is 18.9 Å². The zero-order valence-electron chi connectivity index (χ0n) is 23.9. The molecule has 1 saturated carbocycles. The number of H-pyrrole nitrogens is 1. The van der Waals surface area contributed by atoms with Gasteiger partial charge in [-0.25, -0.2) is 33.9 Å². The van der Waals surface area contributed by atoms with Gasteiger partial charge in [-0.1, -0.05) is 18.8 Å². The third-order valence-corrected chi connectivity index (χ3v) is 11.7. The number of rotatable bonds is 2. The number of nitrogen functional groups attached to an aromatic ring is 1. The standard InChI is InChI=1S/C24H26N10O9P2S2/c1-10-14-11(4-12(14)33-8-29-15-19(25)27-7-28-20(15)33)5-39-45(38,47)43-18-17(35)13(6-40-44(37,46)42-10)41-23(18)34-9-30-16-21(34)31-24-26-2-3-32(24)22(16)36/h2-3,7-9,11-14,17-18,23,35H,1,4-6H2,(H,26,31)(H,37,46)(H,38,47)(H2,25,27,28)/t11-,12-,13-,14-,17-,18-,23-,44?,45?/m1/s1. The molecule has 8 rings (SSSR count). The normalized spacial score (nSPS) is 35.0. The molecule has 2 saturated heterocycles. The molecule has 9 atom stereocenters. The molecule has 3 aliphatic rings. The number of hydrogen-bond acceptors (Lipinski definition) is 15. The summed E-state index contributed by atoms with van der Waals surface area (Å²) in [7, 11) is 0. The lowest BCUT2D eigenvalue weighted by Gasteiger charge is -2.46. The van der Waals surface area contributed by atoms with Crippen LogP contribution in [-0.4, -0.2) is 85.0 Å². The third-order valence-electron chi connectivity index (χ3n) is 8.60. The second kappa shape index (κ2) is 11.2. The number of aromatic amines is 1. The van der Waals surface area contributed by atoms with E-state index in [9.17, 15) is 19.4 Å². The third kappa shape index (κ3) is 5.21. The average molecular weight is 725 g/mol. The summed E-state index contributed by atoms with van der Waals surface area (Å²) in [5.41, 5.74) is 6.66. The minimum atomic E-state index is -4.18. The maximum Gasteiger partial charge on any atom is 0.386 e. The van der Waals surface area contributed by atoms with Crippen LogP contribution in [0.25, 0.3) is 28.1 Å². The van der Waals surface area contributed by atoms with Crippen molar-refractivity contribution in [3.63, 3.8) is 0 Å². The number of aromatic nitrogens is 9. The second-order valence-corrected chi connectivity index (χ2v) is 16.9. The van der Waals surface area contributed by atoms with Crippen LogP contribution in [0.1, 0.15) is 18.7 Å². The quantitative estimate of drug-likeness (QED) is 0.128. The van der Waals surface area contributed by atoms with E-state index in [1.54, 1.807) is 10.9 Å². The maximum atomic E-state index is 13.7. The first-order valence-corrected chi connectivity index (χ1v) is 19.4. The number of ether oxygens (including phenoxy) is 1. The molecular formula is C24H26N10O9P2S2. The number of fused-ring (bicyclic) bond motifs is 6. The molecule has 248 valence electrons. The van der Waals surface area contributed by atoms with E-state index in [-0.39, 0.29) is 47.1 Å². The van der Waals surface area contributed by atoms with Gasteiger partial charge in [-0.2, -0.15) is 0 Å². The number of hydrogen-bond donors (Lipinski definition) is 5. The number of imidazole rings is 3. The summed E-state index contributed by atoms with van der Waals surface area (Å²) in [5, 5.41) is 11.3. The molecule has 0 radical (unpaired) electrons. The van der Waals surface area contributed by atoms with Crippen LogP contribution >= 0.6 is 25.8 Å². The fourth-order valence-corrected chi connectivity index (χ4v) is 9.13. The van der Waals surface area contributed by atoms with Crippen molar-refractivity contribution < 1.29 is 37.4 Å². The Bertz CT molecular complexity index is 2220. The van der Waals surface area contributed by atoms with Crippen LogP contribution in [0.2, 0.25) is 0 Å². The van der Waals surface area contributed by atoms with Gasteiger partial charge in [0.25, 0.3) is 5.56 Å². The van der Waals surface area contributed by atoms with E-state index in [0.717, 1.165) is 0 Å². The molecule has 1 aliphatic carbocycles. The predicted molar refractivity (Wildman–Crippen MR) is 169 cm³/mol. The molecule has 5 N–H and O–H groups in total. The highest BCUT2D eigenvalue weighted by Gasteiger charge is 2.52. The lowest BCUT2D eigenvalue weighted by atomic mass is 9.68. The number of nitrogens with one attached hydrogen (secondary N) is 1. The fraction of sp³-hybridized carbons (Fsp3) is 0.417. The van der Waals surface area contributed by atoms with Crippen LogP contribution in [0.5, 0.6) is 0 Å². The predicted octanol–water partition coefficient (Wildman–Crippen LogP) is 1.45. The number of nitrogens with two attached hydrogens (primary N) is 1. The minimum Gasteiger partial charge on any atom is -0.429 e. The first-order valence-electron chi connectivity index (χ1n) is 14.1. The number of allylic oxidation sites excluding steroid dienone is 1. The van der Waals surface area contributed by atoms with Gasteiger partial charge in [0.2, 0.25) is 5.78 Å². The molecule has 3 fully saturated rings. The van der Waals surface area contributed by atoms with Crippen molar-refractivity contribution in [3.05, 3.63) is 54.1 Å². The van der Waals surface area contributed by atoms with Crippen LogP contribution < -0.4 is 11.3 Å². The van der Waals surface area contributed by atoms with Gasteiger partial charge in [-0.05, 0) is 12.3 Å². The zero-order valence-corrected chi connectivity index (χ0v) is 27.4. The molecule has 2 unspecified atom stereocenters. The Morgan fingerprint density at radius 1 is 1.13 bits per heavy atom. The molecule has 19 nitrogen and oxygen atoms in total. The molecule has 5 aromatic rings. The highest BCUT2D eigenvalue weighted by Crippen LogP contribution is 2.60. The minimum absolute atomic E-state index is 0.0476. The number of anilines is 1. The van der Waals surface area contributed by atoms with Crippen molar-refractivity contribution in [2.24, 2.45) is 11.8 Å².